The van der Waals surface area contributed by atoms with Gasteiger partial charge in [0, 0.05) is 5.69 Å². The van der Waals surface area contributed by atoms with Gasteiger partial charge in [-0.15, -0.1) is 0 Å². The Morgan fingerprint density at radius 3 is 2.65 bits per heavy atom. The Morgan fingerprint density at radius 1 is 1.47 bits per heavy atom. The number of carbonyl (C=O) groups excluding carboxylic acids is 1. The molecule has 0 radical (unpaired) electrons. The Hall–Kier alpha value is -1.86. The molecule has 1 amide bonds. The van der Waals surface area contributed by atoms with Crippen LogP contribution in [0.5, 0.6) is 0 Å². The summed E-state index contributed by atoms with van der Waals surface area (Å²) in [5.41, 5.74) is 7.34. The van der Waals surface area contributed by atoms with E-state index in [0.717, 1.165) is 12.0 Å². The Kier molecular flexibility index (Phi) is 5.18. The zero-order valence-corrected chi connectivity index (χ0v) is 9.94. The maximum absolute atomic E-state index is 11.6. The highest BCUT2D eigenvalue weighted by Gasteiger charge is 2.11. The van der Waals surface area contributed by atoms with Crippen LogP contribution in [0, 0.1) is 11.3 Å². The van der Waals surface area contributed by atoms with Crippen molar-refractivity contribution in [2.45, 2.75) is 32.2 Å². The van der Waals surface area contributed by atoms with Crippen LogP contribution in [-0.2, 0) is 11.2 Å². The molecule has 4 nitrogen and oxygen atoms in total. The first-order valence-corrected chi connectivity index (χ1v) is 5.69. The third-order valence-corrected chi connectivity index (χ3v) is 2.44. The van der Waals surface area contributed by atoms with E-state index in [4.69, 9.17) is 11.0 Å². The smallest absolute Gasteiger partial charge is 0.241 e. The summed E-state index contributed by atoms with van der Waals surface area (Å²) in [5, 5.41) is 11.3. The first-order chi connectivity index (χ1) is 8.17. The molecular weight excluding hydrogens is 214 g/mol. The summed E-state index contributed by atoms with van der Waals surface area (Å²) in [6.45, 7) is 1.99. The van der Waals surface area contributed by atoms with E-state index in [-0.39, 0.29) is 5.91 Å². The zero-order valence-electron chi connectivity index (χ0n) is 9.94. The molecule has 0 saturated heterocycles. The second-order valence-corrected chi connectivity index (χ2v) is 3.92. The number of carbonyl (C=O) groups is 1. The minimum atomic E-state index is -0.459. The maximum Gasteiger partial charge on any atom is 0.241 e. The molecule has 0 saturated carbocycles. The topological polar surface area (TPSA) is 78.9 Å². The first kappa shape index (κ1) is 13.2. The largest absolute Gasteiger partial charge is 0.325 e. The molecule has 0 aliphatic heterocycles. The highest BCUT2D eigenvalue weighted by atomic mass is 16.2. The normalized spacial score (nSPS) is 11.6. The monoisotopic (exact) mass is 231 g/mol. The lowest BCUT2D eigenvalue weighted by molar-refractivity contribution is -0.117. The van der Waals surface area contributed by atoms with Crippen LogP contribution in [0.1, 0.15) is 25.3 Å². The summed E-state index contributed by atoms with van der Waals surface area (Å²) in [5.74, 6) is -0.167. The number of hydrogen-bond acceptors (Lipinski definition) is 3. The van der Waals surface area contributed by atoms with Crippen LogP contribution < -0.4 is 11.1 Å². The second-order valence-electron chi connectivity index (χ2n) is 3.92. The molecule has 0 unspecified atom stereocenters. The minimum absolute atomic E-state index is 0.167. The van der Waals surface area contributed by atoms with Crippen molar-refractivity contribution in [2.75, 3.05) is 5.32 Å². The van der Waals surface area contributed by atoms with Crippen molar-refractivity contribution in [3.05, 3.63) is 29.8 Å². The van der Waals surface area contributed by atoms with Gasteiger partial charge in [-0.1, -0.05) is 25.5 Å². The van der Waals surface area contributed by atoms with Gasteiger partial charge in [-0.3, -0.25) is 4.79 Å². The van der Waals surface area contributed by atoms with E-state index in [1.807, 2.05) is 19.1 Å². The summed E-state index contributed by atoms with van der Waals surface area (Å²) in [4.78, 5) is 11.6. The van der Waals surface area contributed by atoms with E-state index in [2.05, 4.69) is 11.4 Å². The lowest BCUT2D eigenvalue weighted by atomic mass is 10.1. The molecule has 0 spiro atoms. The van der Waals surface area contributed by atoms with E-state index in [9.17, 15) is 4.79 Å². The van der Waals surface area contributed by atoms with Gasteiger partial charge in [-0.05, 0) is 24.1 Å². The average molecular weight is 231 g/mol. The molecule has 0 fully saturated rings. The van der Waals surface area contributed by atoms with Crippen molar-refractivity contribution in [1.29, 1.82) is 5.26 Å². The predicted octanol–water partition coefficient (Wildman–Crippen LogP) is 1.82. The molecule has 4 heteroatoms. The third-order valence-electron chi connectivity index (χ3n) is 2.44. The molecule has 0 heterocycles. The van der Waals surface area contributed by atoms with Crippen LogP contribution in [-0.4, -0.2) is 11.9 Å². The lowest BCUT2D eigenvalue weighted by Gasteiger charge is -2.11. The summed E-state index contributed by atoms with van der Waals surface area (Å²) in [7, 11) is 0. The fraction of sp³-hybridized carbons (Fsp3) is 0.385. The molecule has 1 rings (SSSR count). The Balaban J connectivity index is 2.57. The summed E-state index contributed by atoms with van der Waals surface area (Å²) in [6, 6.07) is 8.82. The molecule has 0 aliphatic carbocycles. The number of anilines is 1. The van der Waals surface area contributed by atoms with Crippen molar-refractivity contribution in [2.24, 2.45) is 5.73 Å². The molecule has 0 aliphatic rings. The minimum Gasteiger partial charge on any atom is -0.325 e. The van der Waals surface area contributed by atoms with E-state index in [1.54, 1.807) is 12.1 Å². The Labute approximate surface area is 101 Å². The van der Waals surface area contributed by atoms with Crippen LogP contribution in [0.15, 0.2) is 24.3 Å². The van der Waals surface area contributed by atoms with Crippen molar-refractivity contribution in [3.8, 4) is 6.07 Å². The fourth-order valence-corrected chi connectivity index (χ4v) is 1.47. The van der Waals surface area contributed by atoms with Crippen LogP contribution in [0.3, 0.4) is 0 Å². The van der Waals surface area contributed by atoms with Crippen molar-refractivity contribution >= 4 is 11.6 Å². The van der Waals surface area contributed by atoms with Crippen LogP contribution in [0.4, 0.5) is 5.69 Å². The number of nitrogens with zero attached hydrogens (tertiary/aromatic N) is 1. The van der Waals surface area contributed by atoms with Gasteiger partial charge in [0.05, 0.1) is 18.5 Å². The average Bonchev–Trinajstić information content (AvgIpc) is 2.32. The van der Waals surface area contributed by atoms with Crippen molar-refractivity contribution in [1.82, 2.24) is 0 Å². The van der Waals surface area contributed by atoms with Crippen LogP contribution in [0.25, 0.3) is 0 Å². The molecule has 1 aromatic rings. The van der Waals surface area contributed by atoms with Gasteiger partial charge in [-0.25, -0.2) is 0 Å². The van der Waals surface area contributed by atoms with Gasteiger partial charge in [0.15, 0.2) is 0 Å². The Morgan fingerprint density at radius 2 is 2.12 bits per heavy atom. The number of rotatable bonds is 5. The van der Waals surface area contributed by atoms with E-state index in [0.29, 0.717) is 18.5 Å². The number of nitrogens with one attached hydrogen (secondary N) is 1. The number of nitrogens with two attached hydrogens (primary N) is 1. The van der Waals surface area contributed by atoms with Gasteiger partial charge in [0.1, 0.15) is 0 Å². The molecular formula is C13H17N3O. The zero-order chi connectivity index (χ0) is 12.7. The van der Waals surface area contributed by atoms with Gasteiger partial charge in [0.25, 0.3) is 0 Å². The SMILES string of the molecule is CCC[C@@H](N)C(=O)Nc1ccc(CC#N)cc1. The van der Waals surface area contributed by atoms with Gasteiger partial charge >= 0.3 is 0 Å². The highest BCUT2D eigenvalue weighted by Crippen LogP contribution is 2.10. The number of amides is 1. The highest BCUT2D eigenvalue weighted by molar-refractivity contribution is 5.94. The molecule has 0 bridgehead atoms. The van der Waals surface area contributed by atoms with E-state index in [1.165, 1.54) is 0 Å². The summed E-state index contributed by atoms with van der Waals surface area (Å²) >= 11 is 0. The second kappa shape index (κ2) is 6.66. The quantitative estimate of drug-likeness (QED) is 0.811. The number of hydrogen-bond donors (Lipinski definition) is 2. The maximum atomic E-state index is 11.6. The lowest BCUT2D eigenvalue weighted by Crippen LogP contribution is -2.35. The van der Waals surface area contributed by atoms with Crippen LogP contribution >= 0.6 is 0 Å². The number of benzene rings is 1. The molecule has 17 heavy (non-hydrogen) atoms. The first-order valence-electron chi connectivity index (χ1n) is 5.69. The van der Waals surface area contributed by atoms with Gasteiger partial charge < -0.3 is 11.1 Å². The van der Waals surface area contributed by atoms with E-state index < -0.39 is 6.04 Å². The Bertz CT molecular complexity index is 406. The standard InChI is InChI=1S/C13H17N3O/c1-2-3-12(15)13(17)16-11-6-4-10(5-7-11)8-9-14/h4-7,12H,2-3,8,15H2,1H3,(H,16,17)/t12-/m1/s1. The summed E-state index contributed by atoms with van der Waals surface area (Å²) < 4.78 is 0. The van der Waals surface area contributed by atoms with Gasteiger partial charge in [0.2, 0.25) is 5.91 Å². The summed E-state index contributed by atoms with van der Waals surface area (Å²) in [6.07, 6.45) is 1.94. The molecule has 1 aromatic carbocycles. The van der Waals surface area contributed by atoms with Crippen molar-refractivity contribution < 1.29 is 4.79 Å². The van der Waals surface area contributed by atoms with Gasteiger partial charge in [-0.2, -0.15) is 5.26 Å². The molecule has 1 atom stereocenters. The fourth-order valence-electron chi connectivity index (χ4n) is 1.47. The molecule has 90 valence electrons. The predicted molar refractivity (Wildman–Crippen MR) is 67.3 cm³/mol. The molecule has 3 N–H and O–H groups in total. The number of nitriles is 1. The van der Waals surface area contributed by atoms with E-state index >= 15 is 0 Å². The third kappa shape index (κ3) is 4.25. The molecule has 0 aromatic heterocycles. The van der Waals surface area contributed by atoms with Crippen LogP contribution in [0.2, 0.25) is 0 Å². The van der Waals surface area contributed by atoms with Crippen molar-refractivity contribution in [3.63, 3.8) is 0 Å².